The van der Waals surface area contributed by atoms with Crippen LogP contribution in [0.5, 0.6) is 0 Å². The van der Waals surface area contributed by atoms with Gasteiger partial charge in [-0.1, -0.05) is 11.2 Å². The number of allylic oxidation sites excluding steroid dienone is 1. The van der Waals surface area contributed by atoms with Crippen molar-refractivity contribution in [3.8, 4) is 0 Å². The van der Waals surface area contributed by atoms with Crippen LogP contribution in [-0.2, 0) is 13.1 Å². The lowest BCUT2D eigenvalue weighted by atomic mass is 10.6. The van der Waals surface area contributed by atoms with Gasteiger partial charge in [-0.2, -0.15) is 4.98 Å². The maximum atomic E-state index is 4.98. The van der Waals surface area contributed by atoms with E-state index in [9.17, 15) is 0 Å². The fourth-order valence-electron chi connectivity index (χ4n) is 1.33. The Morgan fingerprint density at radius 3 is 3.19 bits per heavy atom. The predicted molar refractivity (Wildman–Crippen MR) is 58.8 cm³/mol. The molecule has 0 aromatic carbocycles. The zero-order valence-electron chi connectivity index (χ0n) is 9.05. The molecule has 0 fully saturated rings. The van der Waals surface area contributed by atoms with E-state index in [0.717, 1.165) is 5.95 Å². The van der Waals surface area contributed by atoms with Gasteiger partial charge in [-0.3, -0.25) is 0 Å². The molecule has 6 heteroatoms. The topological polar surface area (TPSA) is 68.8 Å². The van der Waals surface area contributed by atoms with Crippen LogP contribution in [0.25, 0.3) is 0 Å². The van der Waals surface area contributed by atoms with Gasteiger partial charge in [0, 0.05) is 18.9 Å². The molecule has 0 aliphatic rings. The summed E-state index contributed by atoms with van der Waals surface area (Å²) in [5.41, 5.74) is 0. The van der Waals surface area contributed by atoms with Crippen molar-refractivity contribution in [3.63, 3.8) is 0 Å². The third kappa shape index (κ3) is 2.28. The van der Waals surface area contributed by atoms with E-state index in [4.69, 9.17) is 4.52 Å². The van der Waals surface area contributed by atoms with Crippen LogP contribution < -0.4 is 5.32 Å². The fourth-order valence-corrected chi connectivity index (χ4v) is 1.33. The number of rotatable bonds is 5. The van der Waals surface area contributed by atoms with Gasteiger partial charge in [0.25, 0.3) is 0 Å². The molecule has 0 radical (unpaired) electrons. The van der Waals surface area contributed by atoms with Crippen LogP contribution in [0.4, 0.5) is 5.95 Å². The summed E-state index contributed by atoms with van der Waals surface area (Å²) in [6.45, 7) is 6.65. The second kappa shape index (κ2) is 4.61. The number of anilines is 1. The third-order valence-electron chi connectivity index (χ3n) is 2.01. The van der Waals surface area contributed by atoms with E-state index < -0.39 is 0 Å². The van der Waals surface area contributed by atoms with Gasteiger partial charge in [0.1, 0.15) is 0 Å². The molecule has 2 aromatic rings. The van der Waals surface area contributed by atoms with Crippen LogP contribution in [0.2, 0.25) is 0 Å². The van der Waals surface area contributed by atoms with Crippen LogP contribution in [0.15, 0.2) is 29.6 Å². The van der Waals surface area contributed by atoms with Gasteiger partial charge in [-0.15, -0.1) is 6.58 Å². The highest BCUT2D eigenvalue weighted by Gasteiger charge is 2.04. The largest absolute Gasteiger partial charge is 0.347 e. The molecular formula is C10H13N5O. The molecule has 0 saturated carbocycles. The molecule has 0 spiro atoms. The van der Waals surface area contributed by atoms with Crippen LogP contribution in [0.1, 0.15) is 11.7 Å². The monoisotopic (exact) mass is 219 g/mol. The molecule has 2 rings (SSSR count). The molecule has 0 aliphatic heterocycles. The maximum absolute atomic E-state index is 4.98. The number of imidazole rings is 1. The number of aromatic nitrogens is 4. The molecule has 6 nitrogen and oxygen atoms in total. The molecule has 84 valence electrons. The van der Waals surface area contributed by atoms with Crippen LogP contribution in [0.3, 0.4) is 0 Å². The Bertz CT molecular complexity index is 473. The molecule has 2 aromatic heterocycles. The van der Waals surface area contributed by atoms with Crippen LogP contribution >= 0.6 is 0 Å². The highest BCUT2D eigenvalue weighted by molar-refractivity contribution is 5.26. The highest BCUT2D eigenvalue weighted by Crippen LogP contribution is 2.06. The molecule has 0 unspecified atom stereocenters. The Morgan fingerprint density at radius 2 is 2.50 bits per heavy atom. The summed E-state index contributed by atoms with van der Waals surface area (Å²) in [5, 5.41) is 6.82. The molecule has 0 aliphatic carbocycles. The SMILES string of the molecule is C=CCn1ccnc1NCc1nc(C)no1. The Hall–Kier alpha value is -2.11. The van der Waals surface area contributed by atoms with E-state index >= 15 is 0 Å². The number of hydrogen-bond donors (Lipinski definition) is 1. The van der Waals surface area contributed by atoms with Crippen molar-refractivity contribution < 1.29 is 4.52 Å². The maximum Gasteiger partial charge on any atom is 0.246 e. The van der Waals surface area contributed by atoms with Crippen LogP contribution in [-0.4, -0.2) is 19.7 Å². The smallest absolute Gasteiger partial charge is 0.246 e. The Balaban J connectivity index is 1.98. The van der Waals surface area contributed by atoms with Crippen molar-refractivity contribution >= 4 is 5.95 Å². The quantitative estimate of drug-likeness (QED) is 0.769. The number of aryl methyl sites for hydroxylation is 1. The van der Waals surface area contributed by atoms with Gasteiger partial charge in [0.15, 0.2) is 5.82 Å². The van der Waals surface area contributed by atoms with E-state index in [1.807, 2.05) is 16.8 Å². The summed E-state index contributed by atoms with van der Waals surface area (Å²) >= 11 is 0. The van der Waals surface area contributed by atoms with E-state index in [1.165, 1.54) is 0 Å². The average Bonchev–Trinajstić information content (AvgIpc) is 2.85. The van der Waals surface area contributed by atoms with Crippen molar-refractivity contribution in [2.45, 2.75) is 20.0 Å². The summed E-state index contributed by atoms with van der Waals surface area (Å²) in [7, 11) is 0. The molecule has 16 heavy (non-hydrogen) atoms. The fraction of sp³-hybridized carbons (Fsp3) is 0.300. The van der Waals surface area contributed by atoms with Crippen molar-refractivity contribution in [1.82, 2.24) is 19.7 Å². The normalized spacial score (nSPS) is 10.3. The summed E-state index contributed by atoms with van der Waals surface area (Å²) < 4.78 is 6.92. The van der Waals surface area contributed by atoms with E-state index in [-0.39, 0.29) is 0 Å². The molecular weight excluding hydrogens is 206 g/mol. The minimum atomic E-state index is 0.467. The zero-order chi connectivity index (χ0) is 11.4. The van der Waals surface area contributed by atoms with E-state index in [0.29, 0.717) is 24.8 Å². The lowest BCUT2D eigenvalue weighted by molar-refractivity contribution is 0.379. The first kappa shape index (κ1) is 10.4. The van der Waals surface area contributed by atoms with Crippen molar-refractivity contribution in [1.29, 1.82) is 0 Å². The Kier molecular flexibility index (Phi) is 3.00. The van der Waals surface area contributed by atoms with Gasteiger partial charge in [-0.25, -0.2) is 4.98 Å². The minimum Gasteiger partial charge on any atom is -0.347 e. The van der Waals surface area contributed by atoms with Crippen molar-refractivity contribution in [2.24, 2.45) is 0 Å². The lowest BCUT2D eigenvalue weighted by Crippen LogP contribution is -2.06. The number of nitrogens with one attached hydrogen (secondary N) is 1. The first-order valence-electron chi connectivity index (χ1n) is 4.94. The first-order chi connectivity index (χ1) is 7.79. The van der Waals surface area contributed by atoms with Gasteiger partial charge in [0.05, 0.1) is 6.54 Å². The van der Waals surface area contributed by atoms with Gasteiger partial charge < -0.3 is 14.4 Å². The Labute approximate surface area is 93.0 Å². The van der Waals surface area contributed by atoms with Gasteiger partial charge in [0.2, 0.25) is 11.8 Å². The summed E-state index contributed by atoms with van der Waals surface area (Å²) in [6.07, 6.45) is 5.41. The van der Waals surface area contributed by atoms with Gasteiger partial charge in [-0.05, 0) is 6.92 Å². The predicted octanol–water partition coefficient (Wildman–Crippen LogP) is 1.37. The Morgan fingerprint density at radius 1 is 1.62 bits per heavy atom. The molecule has 0 amide bonds. The summed E-state index contributed by atoms with van der Waals surface area (Å²) in [6, 6.07) is 0. The molecule has 0 bridgehead atoms. The van der Waals surface area contributed by atoms with E-state index in [1.54, 1.807) is 13.1 Å². The first-order valence-corrected chi connectivity index (χ1v) is 4.94. The molecule has 0 atom stereocenters. The second-order valence-electron chi connectivity index (χ2n) is 3.28. The zero-order valence-corrected chi connectivity index (χ0v) is 9.05. The molecule has 1 N–H and O–H groups in total. The number of hydrogen-bond acceptors (Lipinski definition) is 5. The van der Waals surface area contributed by atoms with Crippen molar-refractivity contribution in [2.75, 3.05) is 5.32 Å². The van der Waals surface area contributed by atoms with Gasteiger partial charge >= 0.3 is 0 Å². The second-order valence-corrected chi connectivity index (χ2v) is 3.28. The summed E-state index contributed by atoms with van der Waals surface area (Å²) in [5.74, 6) is 1.94. The van der Waals surface area contributed by atoms with Crippen molar-refractivity contribution in [3.05, 3.63) is 36.8 Å². The number of nitrogens with zero attached hydrogens (tertiary/aromatic N) is 4. The lowest BCUT2D eigenvalue weighted by Gasteiger charge is -2.05. The molecule has 2 heterocycles. The standard InChI is InChI=1S/C10H13N5O/c1-3-5-15-6-4-11-10(15)12-7-9-13-8(2)14-16-9/h3-4,6H,1,5,7H2,2H3,(H,11,12). The minimum absolute atomic E-state index is 0.467. The highest BCUT2D eigenvalue weighted by atomic mass is 16.5. The van der Waals surface area contributed by atoms with Crippen LogP contribution in [0, 0.1) is 6.92 Å². The average molecular weight is 219 g/mol. The third-order valence-corrected chi connectivity index (χ3v) is 2.01. The molecule has 0 saturated heterocycles. The van der Waals surface area contributed by atoms with E-state index in [2.05, 4.69) is 27.0 Å². The summed E-state index contributed by atoms with van der Waals surface area (Å²) in [4.78, 5) is 8.26.